The highest BCUT2D eigenvalue weighted by Crippen LogP contribution is 2.31. The SMILES string of the molecule is CCOCCn1nnc(C(=O)O)c1-c1sc(C)nc1C. The van der Waals surface area contributed by atoms with Crippen LogP contribution in [0.1, 0.15) is 28.1 Å². The van der Waals surface area contributed by atoms with E-state index in [9.17, 15) is 9.90 Å². The van der Waals surface area contributed by atoms with Crippen LogP contribution >= 0.6 is 11.3 Å². The fourth-order valence-corrected chi connectivity index (χ4v) is 2.85. The summed E-state index contributed by atoms with van der Waals surface area (Å²) in [5.74, 6) is -1.09. The number of carbonyl (C=O) groups is 1. The molecule has 0 aliphatic heterocycles. The number of hydrogen-bond acceptors (Lipinski definition) is 6. The number of aromatic nitrogens is 4. The minimum atomic E-state index is -1.09. The molecule has 7 nitrogen and oxygen atoms in total. The van der Waals surface area contributed by atoms with E-state index in [1.54, 1.807) is 4.68 Å². The van der Waals surface area contributed by atoms with Gasteiger partial charge < -0.3 is 9.84 Å². The van der Waals surface area contributed by atoms with Crippen LogP contribution in [0.3, 0.4) is 0 Å². The van der Waals surface area contributed by atoms with Gasteiger partial charge in [-0.2, -0.15) is 0 Å². The Morgan fingerprint density at radius 3 is 2.75 bits per heavy atom. The highest BCUT2D eigenvalue weighted by atomic mass is 32.1. The summed E-state index contributed by atoms with van der Waals surface area (Å²) in [5, 5.41) is 17.8. The number of thiazole rings is 1. The van der Waals surface area contributed by atoms with E-state index >= 15 is 0 Å². The summed E-state index contributed by atoms with van der Waals surface area (Å²) in [6.45, 7) is 7.17. The number of hydrogen-bond donors (Lipinski definition) is 1. The summed E-state index contributed by atoms with van der Waals surface area (Å²) in [6, 6.07) is 0. The van der Waals surface area contributed by atoms with Crippen molar-refractivity contribution in [3.63, 3.8) is 0 Å². The van der Waals surface area contributed by atoms with Gasteiger partial charge in [0.1, 0.15) is 5.69 Å². The predicted molar refractivity (Wildman–Crippen MR) is 74.1 cm³/mol. The lowest BCUT2D eigenvalue weighted by Crippen LogP contribution is -2.09. The van der Waals surface area contributed by atoms with Crippen molar-refractivity contribution in [1.82, 2.24) is 20.0 Å². The second-order valence-electron chi connectivity index (χ2n) is 4.16. The number of carboxylic acid groups (broad SMARTS) is 1. The molecule has 2 aromatic heterocycles. The average molecular weight is 296 g/mol. The number of carboxylic acids is 1. The molecule has 0 radical (unpaired) electrons. The maximum Gasteiger partial charge on any atom is 0.358 e. The lowest BCUT2D eigenvalue weighted by atomic mass is 10.2. The molecule has 108 valence electrons. The van der Waals surface area contributed by atoms with Crippen molar-refractivity contribution in [2.45, 2.75) is 27.3 Å². The molecule has 0 aliphatic carbocycles. The molecule has 0 unspecified atom stereocenters. The van der Waals surface area contributed by atoms with Crippen LogP contribution in [0.2, 0.25) is 0 Å². The lowest BCUT2D eigenvalue weighted by molar-refractivity contribution is 0.0691. The molecular weight excluding hydrogens is 280 g/mol. The van der Waals surface area contributed by atoms with Gasteiger partial charge in [0.15, 0.2) is 5.69 Å². The van der Waals surface area contributed by atoms with E-state index < -0.39 is 5.97 Å². The Morgan fingerprint density at radius 1 is 1.45 bits per heavy atom. The molecule has 0 aromatic carbocycles. The van der Waals surface area contributed by atoms with Crippen LogP contribution in [-0.2, 0) is 11.3 Å². The van der Waals surface area contributed by atoms with Gasteiger partial charge in [-0.05, 0) is 20.8 Å². The second kappa shape index (κ2) is 6.10. The molecule has 20 heavy (non-hydrogen) atoms. The topological polar surface area (TPSA) is 90.1 Å². The first kappa shape index (κ1) is 14.6. The Kier molecular flexibility index (Phi) is 4.46. The van der Waals surface area contributed by atoms with Crippen LogP contribution in [-0.4, -0.2) is 44.3 Å². The Morgan fingerprint density at radius 2 is 2.20 bits per heavy atom. The van der Waals surface area contributed by atoms with E-state index in [1.807, 2.05) is 20.8 Å². The van der Waals surface area contributed by atoms with Crippen LogP contribution in [0.15, 0.2) is 0 Å². The zero-order chi connectivity index (χ0) is 14.7. The largest absolute Gasteiger partial charge is 0.476 e. The Labute approximate surface area is 120 Å². The van der Waals surface area contributed by atoms with Crippen LogP contribution in [0.4, 0.5) is 0 Å². The summed E-state index contributed by atoms with van der Waals surface area (Å²) in [7, 11) is 0. The Balaban J connectivity index is 2.44. The van der Waals surface area contributed by atoms with Gasteiger partial charge >= 0.3 is 5.97 Å². The first-order valence-corrected chi connectivity index (χ1v) is 7.05. The lowest BCUT2D eigenvalue weighted by Gasteiger charge is -2.06. The van der Waals surface area contributed by atoms with Crippen molar-refractivity contribution < 1.29 is 14.6 Å². The first-order valence-electron chi connectivity index (χ1n) is 6.23. The van der Waals surface area contributed by atoms with Gasteiger partial charge in [-0.15, -0.1) is 16.4 Å². The molecule has 0 spiro atoms. The van der Waals surface area contributed by atoms with Gasteiger partial charge in [0, 0.05) is 6.61 Å². The van der Waals surface area contributed by atoms with E-state index in [0.717, 1.165) is 15.6 Å². The normalized spacial score (nSPS) is 10.9. The number of aromatic carboxylic acids is 1. The van der Waals surface area contributed by atoms with Crippen LogP contribution in [0.5, 0.6) is 0 Å². The number of ether oxygens (including phenoxy) is 1. The van der Waals surface area contributed by atoms with Gasteiger partial charge in [-0.1, -0.05) is 5.21 Å². The fourth-order valence-electron chi connectivity index (χ4n) is 1.88. The maximum atomic E-state index is 11.3. The molecule has 2 heterocycles. The molecule has 1 N–H and O–H groups in total. The summed E-state index contributed by atoms with van der Waals surface area (Å²) in [4.78, 5) is 16.4. The van der Waals surface area contributed by atoms with E-state index in [1.165, 1.54) is 11.3 Å². The minimum Gasteiger partial charge on any atom is -0.476 e. The second-order valence-corrected chi connectivity index (χ2v) is 5.36. The first-order chi connectivity index (χ1) is 9.54. The van der Waals surface area contributed by atoms with Gasteiger partial charge in [-0.3, -0.25) is 0 Å². The van der Waals surface area contributed by atoms with Crippen molar-refractivity contribution in [3.8, 4) is 10.6 Å². The maximum absolute atomic E-state index is 11.3. The van der Waals surface area contributed by atoms with Crippen molar-refractivity contribution in [2.75, 3.05) is 13.2 Å². The van der Waals surface area contributed by atoms with Crippen LogP contribution in [0.25, 0.3) is 10.6 Å². The van der Waals surface area contributed by atoms with Gasteiger partial charge in [0.25, 0.3) is 0 Å². The quantitative estimate of drug-likeness (QED) is 0.817. The highest BCUT2D eigenvalue weighted by Gasteiger charge is 2.23. The smallest absolute Gasteiger partial charge is 0.358 e. The van der Waals surface area contributed by atoms with E-state index in [0.29, 0.717) is 25.5 Å². The van der Waals surface area contributed by atoms with E-state index in [2.05, 4.69) is 15.3 Å². The fraction of sp³-hybridized carbons (Fsp3) is 0.500. The molecular formula is C12H16N4O3S. The molecule has 0 bridgehead atoms. The number of aryl methyl sites for hydroxylation is 2. The molecule has 8 heteroatoms. The number of rotatable bonds is 6. The van der Waals surface area contributed by atoms with Crippen molar-refractivity contribution in [2.24, 2.45) is 0 Å². The molecule has 0 amide bonds. The van der Waals surface area contributed by atoms with Crippen LogP contribution in [0, 0.1) is 13.8 Å². The summed E-state index contributed by atoms with van der Waals surface area (Å²) >= 11 is 1.44. The zero-order valence-corrected chi connectivity index (χ0v) is 12.4. The molecule has 0 aliphatic rings. The monoisotopic (exact) mass is 296 g/mol. The van der Waals surface area contributed by atoms with E-state index in [4.69, 9.17) is 4.74 Å². The molecule has 0 saturated heterocycles. The average Bonchev–Trinajstić information content (AvgIpc) is 2.93. The van der Waals surface area contributed by atoms with Crippen molar-refractivity contribution >= 4 is 17.3 Å². The standard InChI is InChI=1S/C12H16N4O3S/c1-4-19-6-5-16-10(9(12(17)18)14-15-16)11-7(2)13-8(3)20-11/h4-6H2,1-3H3,(H,17,18). The van der Waals surface area contributed by atoms with Gasteiger partial charge in [-0.25, -0.2) is 14.5 Å². The number of nitrogens with zero attached hydrogens (tertiary/aromatic N) is 4. The van der Waals surface area contributed by atoms with Crippen LogP contribution < -0.4 is 0 Å². The molecule has 0 fully saturated rings. The highest BCUT2D eigenvalue weighted by molar-refractivity contribution is 7.15. The van der Waals surface area contributed by atoms with E-state index in [-0.39, 0.29) is 5.69 Å². The van der Waals surface area contributed by atoms with Crippen molar-refractivity contribution in [1.29, 1.82) is 0 Å². The third-order valence-corrected chi connectivity index (χ3v) is 3.79. The van der Waals surface area contributed by atoms with Crippen molar-refractivity contribution in [3.05, 3.63) is 16.4 Å². The molecule has 2 rings (SSSR count). The third-order valence-electron chi connectivity index (χ3n) is 2.71. The summed E-state index contributed by atoms with van der Waals surface area (Å²) in [5.41, 5.74) is 1.24. The molecule has 0 saturated carbocycles. The molecule has 0 atom stereocenters. The summed E-state index contributed by atoms with van der Waals surface area (Å²) in [6.07, 6.45) is 0. The minimum absolute atomic E-state index is 0.0479. The molecule has 2 aromatic rings. The third kappa shape index (κ3) is 2.86. The predicted octanol–water partition coefficient (Wildman–Crippen LogP) is 1.75. The Hall–Kier alpha value is -1.80. The van der Waals surface area contributed by atoms with Gasteiger partial charge in [0.2, 0.25) is 0 Å². The van der Waals surface area contributed by atoms with Gasteiger partial charge in [0.05, 0.1) is 28.7 Å². The Bertz CT molecular complexity index is 620. The summed E-state index contributed by atoms with van der Waals surface area (Å²) < 4.78 is 6.85. The zero-order valence-electron chi connectivity index (χ0n) is 11.6.